The fourth-order valence-corrected chi connectivity index (χ4v) is 4.81. The van der Waals surface area contributed by atoms with Gasteiger partial charge < -0.3 is 4.90 Å². The molecule has 1 saturated heterocycles. The second-order valence-corrected chi connectivity index (χ2v) is 9.04. The largest absolute Gasteiger partial charge is 0.338 e. The van der Waals surface area contributed by atoms with Crippen molar-refractivity contribution in [3.8, 4) is 0 Å². The Labute approximate surface area is 191 Å². The molecular weight excluding hydrogens is 424 g/mol. The zero-order valence-electron chi connectivity index (χ0n) is 18.0. The van der Waals surface area contributed by atoms with Crippen molar-refractivity contribution in [1.29, 1.82) is 0 Å². The van der Waals surface area contributed by atoms with Crippen LogP contribution in [0.3, 0.4) is 0 Å². The number of pyridine rings is 2. The van der Waals surface area contributed by atoms with Crippen LogP contribution in [0.15, 0.2) is 55.1 Å². The molecule has 2 aromatic heterocycles. The number of anilines is 1. The van der Waals surface area contributed by atoms with Crippen LogP contribution in [0.25, 0.3) is 0 Å². The Hall–Kier alpha value is -3.25. The molecule has 1 fully saturated rings. The van der Waals surface area contributed by atoms with E-state index in [-0.39, 0.29) is 17.9 Å². The molecule has 2 aliphatic rings. The minimum absolute atomic E-state index is 0.0321. The Morgan fingerprint density at radius 1 is 1.12 bits per heavy atom. The summed E-state index contributed by atoms with van der Waals surface area (Å²) in [4.78, 5) is 37.8. The number of aromatic nitrogens is 2. The molecule has 7 heteroatoms. The van der Waals surface area contributed by atoms with Crippen LogP contribution in [-0.4, -0.2) is 39.8 Å². The van der Waals surface area contributed by atoms with Crippen LogP contribution in [0.4, 0.5) is 5.69 Å². The van der Waals surface area contributed by atoms with E-state index in [2.05, 4.69) is 9.97 Å². The zero-order chi connectivity index (χ0) is 22.4. The highest BCUT2D eigenvalue weighted by Gasteiger charge is 2.36. The molecule has 0 saturated carbocycles. The van der Waals surface area contributed by atoms with Gasteiger partial charge in [-0.1, -0.05) is 11.6 Å². The quantitative estimate of drug-likeness (QED) is 0.592. The van der Waals surface area contributed by atoms with Gasteiger partial charge in [0, 0.05) is 42.3 Å². The van der Waals surface area contributed by atoms with Crippen molar-refractivity contribution in [2.45, 2.75) is 26.3 Å². The highest BCUT2D eigenvalue weighted by molar-refractivity contribution is 6.31. The van der Waals surface area contributed by atoms with E-state index in [4.69, 9.17) is 11.6 Å². The molecule has 4 heterocycles. The Morgan fingerprint density at radius 3 is 2.72 bits per heavy atom. The molecule has 0 spiro atoms. The minimum Gasteiger partial charge on any atom is -0.338 e. The molecule has 162 valence electrons. The number of carbonyl (C=O) groups is 2. The van der Waals surface area contributed by atoms with E-state index >= 15 is 0 Å². The number of rotatable bonds is 4. The molecule has 1 atom stereocenters. The predicted molar refractivity (Wildman–Crippen MR) is 123 cm³/mol. The lowest BCUT2D eigenvalue weighted by atomic mass is 9.91. The van der Waals surface area contributed by atoms with E-state index in [1.54, 1.807) is 35.6 Å². The van der Waals surface area contributed by atoms with E-state index in [9.17, 15) is 9.59 Å². The first-order valence-electron chi connectivity index (χ1n) is 10.7. The number of halogens is 1. The highest BCUT2D eigenvalue weighted by Crippen LogP contribution is 2.38. The Kier molecular flexibility index (Phi) is 5.18. The normalized spacial score (nSPS) is 18.0. The fraction of sp³-hybridized carbons (Fsp3) is 0.280. The summed E-state index contributed by atoms with van der Waals surface area (Å²) in [5.74, 6) is 0.373. The highest BCUT2D eigenvalue weighted by atomic mass is 35.5. The smallest absolute Gasteiger partial charge is 0.259 e. The van der Waals surface area contributed by atoms with Gasteiger partial charge in [0.1, 0.15) is 0 Å². The first-order valence-corrected chi connectivity index (χ1v) is 11.1. The third kappa shape index (κ3) is 3.54. The van der Waals surface area contributed by atoms with Crippen molar-refractivity contribution in [3.05, 3.63) is 88.0 Å². The average Bonchev–Trinajstić information content (AvgIpc) is 3.00. The minimum atomic E-state index is -0.104. The van der Waals surface area contributed by atoms with Gasteiger partial charge in [-0.05, 0) is 73.2 Å². The average molecular weight is 447 g/mol. The van der Waals surface area contributed by atoms with Crippen LogP contribution in [0.2, 0.25) is 5.02 Å². The summed E-state index contributed by atoms with van der Waals surface area (Å²) in [5, 5.41) is 0.627. The topological polar surface area (TPSA) is 66.4 Å². The number of nitrogens with zero attached hydrogens (tertiary/aromatic N) is 4. The summed E-state index contributed by atoms with van der Waals surface area (Å²) in [6, 6.07) is 9.19. The first-order chi connectivity index (χ1) is 15.4. The maximum atomic E-state index is 13.0. The maximum Gasteiger partial charge on any atom is 0.259 e. The van der Waals surface area contributed by atoms with Gasteiger partial charge in [-0.25, -0.2) is 0 Å². The lowest BCUT2D eigenvalue weighted by molar-refractivity contribution is 0.0499. The van der Waals surface area contributed by atoms with Crippen molar-refractivity contribution < 1.29 is 9.59 Å². The molecule has 3 aromatic rings. The Morgan fingerprint density at radius 2 is 1.94 bits per heavy atom. The number of hydrogen-bond acceptors (Lipinski definition) is 4. The summed E-state index contributed by atoms with van der Waals surface area (Å²) >= 11 is 6.14. The van der Waals surface area contributed by atoms with Gasteiger partial charge in [-0.3, -0.25) is 24.5 Å². The number of likely N-dealkylation sites (tertiary alicyclic amines) is 1. The standard InChI is InChI=1S/C25H23ClN4O2/c1-15-5-6-27-12-23(15)24(31)29-13-18(14-29)7-17-8-20(11-28-10-17)30-16(2)22-9-19(26)3-4-21(22)25(30)32/h3-6,8-12,16,18H,7,13-14H2,1-2H3. The SMILES string of the molecule is Cc1ccncc1C(=O)N1CC(Cc2cncc(N3C(=O)c4ccc(Cl)cc4C3C)c2)C1. The van der Waals surface area contributed by atoms with Gasteiger partial charge in [0.2, 0.25) is 0 Å². The number of fused-ring (bicyclic) bond motifs is 1. The van der Waals surface area contributed by atoms with Crippen molar-refractivity contribution in [3.63, 3.8) is 0 Å². The van der Waals surface area contributed by atoms with Gasteiger partial charge in [-0.2, -0.15) is 0 Å². The third-order valence-electron chi connectivity index (χ3n) is 6.40. The summed E-state index contributed by atoms with van der Waals surface area (Å²) in [7, 11) is 0. The third-order valence-corrected chi connectivity index (χ3v) is 6.63. The van der Waals surface area contributed by atoms with Crippen LogP contribution in [-0.2, 0) is 6.42 Å². The van der Waals surface area contributed by atoms with E-state index in [0.29, 0.717) is 35.2 Å². The second kappa shape index (κ2) is 8.02. The van der Waals surface area contributed by atoms with Crippen molar-refractivity contribution in [2.75, 3.05) is 18.0 Å². The van der Waals surface area contributed by atoms with Gasteiger partial charge >= 0.3 is 0 Å². The maximum absolute atomic E-state index is 13.0. The number of carbonyl (C=O) groups excluding carboxylic acids is 2. The van der Waals surface area contributed by atoms with Gasteiger partial charge in [0.15, 0.2) is 0 Å². The number of amides is 2. The number of benzene rings is 1. The molecule has 0 bridgehead atoms. The van der Waals surface area contributed by atoms with E-state index < -0.39 is 0 Å². The van der Waals surface area contributed by atoms with Crippen molar-refractivity contribution in [2.24, 2.45) is 5.92 Å². The molecule has 1 aromatic carbocycles. The van der Waals surface area contributed by atoms with Gasteiger partial charge in [0.05, 0.1) is 23.5 Å². The van der Waals surface area contributed by atoms with Crippen molar-refractivity contribution in [1.82, 2.24) is 14.9 Å². The van der Waals surface area contributed by atoms with E-state index in [0.717, 1.165) is 28.8 Å². The van der Waals surface area contributed by atoms with Crippen LogP contribution >= 0.6 is 11.6 Å². The summed E-state index contributed by atoms with van der Waals surface area (Å²) in [6.45, 7) is 5.35. The summed E-state index contributed by atoms with van der Waals surface area (Å²) < 4.78 is 0. The zero-order valence-corrected chi connectivity index (χ0v) is 18.7. The summed E-state index contributed by atoms with van der Waals surface area (Å²) in [5.41, 5.74) is 5.07. The van der Waals surface area contributed by atoms with Crippen LogP contribution in [0, 0.1) is 12.8 Å². The second-order valence-electron chi connectivity index (χ2n) is 8.60. The fourth-order valence-electron chi connectivity index (χ4n) is 4.63. The Bertz CT molecular complexity index is 1220. The lowest BCUT2D eigenvalue weighted by Gasteiger charge is -2.39. The molecular formula is C25H23ClN4O2. The van der Waals surface area contributed by atoms with E-state index in [1.807, 2.05) is 43.1 Å². The molecule has 6 nitrogen and oxygen atoms in total. The van der Waals surface area contributed by atoms with Crippen LogP contribution in [0.1, 0.15) is 50.4 Å². The first kappa shape index (κ1) is 20.6. The molecule has 0 N–H and O–H groups in total. The van der Waals surface area contributed by atoms with Gasteiger partial charge in [-0.15, -0.1) is 0 Å². The number of aryl methyl sites for hydroxylation is 1. The molecule has 2 amide bonds. The molecule has 0 radical (unpaired) electrons. The lowest BCUT2D eigenvalue weighted by Crippen LogP contribution is -2.50. The molecule has 2 aliphatic heterocycles. The van der Waals surface area contributed by atoms with Crippen LogP contribution < -0.4 is 4.90 Å². The molecule has 32 heavy (non-hydrogen) atoms. The molecule has 5 rings (SSSR count). The van der Waals surface area contributed by atoms with E-state index in [1.165, 1.54) is 0 Å². The number of hydrogen-bond donors (Lipinski definition) is 0. The molecule has 1 unspecified atom stereocenters. The molecule has 0 aliphatic carbocycles. The van der Waals surface area contributed by atoms with Gasteiger partial charge in [0.25, 0.3) is 11.8 Å². The van der Waals surface area contributed by atoms with Crippen molar-refractivity contribution >= 4 is 29.1 Å². The predicted octanol–water partition coefficient (Wildman–Crippen LogP) is 4.47. The monoisotopic (exact) mass is 446 g/mol. The van der Waals surface area contributed by atoms with Crippen LogP contribution in [0.5, 0.6) is 0 Å². The Balaban J connectivity index is 1.27. The summed E-state index contributed by atoms with van der Waals surface area (Å²) in [6.07, 6.45) is 7.72.